The lowest BCUT2D eigenvalue weighted by molar-refractivity contribution is -0.145. The topological polar surface area (TPSA) is 105 Å². The van der Waals surface area contributed by atoms with E-state index in [2.05, 4.69) is 30.6 Å². The highest BCUT2D eigenvalue weighted by Crippen LogP contribution is 2.30. The quantitative estimate of drug-likeness (QED) is 0.445. The summed E-state index contributed by atoms with van der Waals surface area (Å²) in [6.45, 7) is 1.67. The summed E-state index contributed by atoms with van der Waals surface area (Å²) in [6, 6.07) is 1.27. The maximum Gasteiger partial charge on any atom is 0.451 e. The van der Waals surface area contributed by atoms with E-state index in [-0.39, 0.29) is 16.0 Å². The van der Waals surface area contributed by atoms with E-state index in [1.165, 1.54) is 6.07 Å². The largest absolute Gasteiger partial charge is 0.451 e. The molecular formula is C8H8F3N7S. The molecule has 0 saturated heterocycles. The molecule has 2 aromatic rings. The molecule has 0 aliphatic rings. The lowest BCUT2D eigenvalue weighted by atomic mass is 10.5. The van der Waals surface area contributed by atoms with Gasteiger partial charge in [0.05, 0.1) is 0 Å². The van der Waals surface area contributed by atoms with Crippen LogP contribution < -0.4 is 11.3 Å². The van der Waals surface area contributed by atoms with E-state index < -0.39 is 12.0 Å². The number of hydrogen-bond acceptors (Lipinski definition) is 7. The monoisotopic (exact) mass is 291 g/mol. The van der Waals surface area contributed by atoms with Crippen LogP contribution in [-0.4, -0.2) is 25.1 Å². The van der Waals surface area contributed by atoms with Gasteiger partial charge in [-0.2, -0.15) is 13.2 Å². The minimum absolute atomic E-state index is 0.0364. The van der Waals surface area contributed by atoms with Gasteiger partial charge in [-0.15, -0.1) is 5.10 Å². The summed E-state index contributed by atoms with van der Waals surface area (Å²) < 4.78 is 37.8. The maximum absolute atomic E-state index is 12.6. The second-order valence-electron chi connectivity index (χ2n) is 3.36. The van der Waals surface area contributed by atoms with Crippen molar-refractivity contribution in [3.8, 4) is 0 Å². The number of H-pyrrole nitrogens is 1. The number of aromatic amines is 1. The van der Waals surface area contributed by atoms with Crippen molar-refractivity contribution in [2.75, 3.05) is 5.43 Å². The molecule has 0 aliphatic carbocycles. The van der Waals surface area contributed by atoms with Gasteiger partial charge in [-0.25, -0.2) is 20.8 Å². The lowest BCUT2D eigenvalue weighted by Gasteiger charge is -2.08. The van der Waals surface area contributed by atoms with E-state index in [0.29, 0.717) is 5.82 Å². The number of nitrogens with two attached hydrogens (primary N) is 1. The third-order valence-electron chi connectivity index (χ3n) is 1.88. The van der Waals surface area contributed by atoms with Crippen LogP contribution in [0.3, 0.4) is 0 Å². The highest BCUT2D eigenvalue weighted by Gasteiger charge is 2.35. The van der Waals surface area contributed by atoms with Crippen LogP contribution in [0.15, 0.2) is 16.2 Å². The molecule has 11 heteroatoms. The van der Waals surface area contributed by atoms with Crippen molar-refractivity contribution in [3.63, 3.8) is 0 Å². The lowest BCUT2D eigenvalue weighted by Crippen LogP contribution is -2.16. The van der Waals surface area contributed by atoms with Crippen LogP contribution in [0, 0.1) is 6.92 Å². The van der Waals surface area contributed by atoms with E-state index in [1.54, 1.807) is 6.92 Å². The van der Waals surface area contributed by atoms with Crippen LogP contribution in [0.2, 0.25) is 0 Å². The third-order valence-corrected chi connectivity index (χ3v) is 2.66. The third kappa shape index (κ3) is 3.32. The second kappa shape index (κ2) is 5.01. The standard InChI is InChI=1S/C8H8F3N7S/c1-3-13-7(18-17-3)19-5-2-4(16-12)14-6(15-5)8(9,10)11/h2H,12H2,1H3,(H,13,17,18)(H,14,15,16). The molecule has 102 valence electrons. The summed E-state index contributed by atoms with van der Waals surface area (Å²) in [5, 5.41) is 6.66. The number of aryl methyl sites for hydroxylation is 1. The molecule has 0 bridgehead atoms. The fourth-order valence-electron chi connectivity index (χ4n) is 1.14. The zero-order valence-corrected chi connectivity index (χ0v) is 10.3. The van der Waals surface area contributed by atoms with Gasteiger partial charge in [0.25, 0.3) is 0 Å². The van der Waals surface area contributed by atoms with E-state index in [9.17, 15) is 13.2 Å². The van der Waals surface area contributed by atoms with Crippen molar-refractivity contribution in [2.45, 2.75) is 23.3 Å². The number of rotatable bonds is 3. The van der Waals surface area contributed by atoms with Gasteiger partial charge in [-0.3, -0.25) is 5.10 Å². The van der Waals surface area contributed by atoms with Crippen molar-refractivity contribution in [2.24, 2.45) is 5.84 Å². The molecule has 0 aromatic carbocycles. The number of nitrogens with one attached hydrogen (secondary N) is 2. The number of hydrogen-bond donors (Lipinski definition) is 3. The Kier molecular flexibility index (Phi) is 3.57. The Labute approximate surface area is 109 Å². The predicted molar refractivity (Wildman–Crippen MR) is 60.1 cm³/mol. The number of aromatic nitrogens is 5. The van der Waals surface area contributed by atoms with Gasteiger partial charge < -0.3 is 5.43 Å². The van der Waals surface area contributed by atoms with Crippen molar-refractivity contribution >= 4 is 17.6 Å². The first-order valence-corrected chi connectivity index (χ1v) is 5.70. The van der Waals surface area contributed by atoms with Gasteiger partial charge in [-0.1, -0.05) is 0 Å². The molecule has 0 aliphatic heterocycles. The molecule has 2 aromatic heterocycles. The zero-order chi connectivity index (χ0) is 14.0. The van der Waals surface area contributed by atoms with Crippen LogP contribution >= 0.6 is 11.8 Å². The molecule has 0 radical (unpaired) electrons. The van der Waals surface area contributed by atoms with Crippen molar-refractivity contribution < 1.29 is 13.2 Å². The number of anilines is 1. The van der Waals surface area contributed by atoms with E-state index in [4.69, 9.17) is 5.84 Å². The molecule has 19 heavy (non-hydrogen) atoms. The van der Waals surface area contributed by atoms with Crippen molar-refractivity contribution in [1.29, 1.82) is 0 Å². The SMILES string of the molecule is Cc1nc(Sc2cc(NN)nc(C(F)(F)F)n2)n[nH]1. The van der Waals surface area contributed by atoms with Gasteiger partial charge in [-0.05, 0) is 18.7 Å². The fraction of sp³-hybridized carbons (Fsp3) is 0.250. The van der Waals surface area contributed by atoms with Crippen LogP contribution in [0.4, 0.5) is 19.0 Å². The normalized spacial score (nSPS) is 11.6. The zero-order valence-electron chi connectivity index (χ0n) is 9.49. The Hall–Kier alpha value is -1.88. The molecule has 4 N–H and O–H groups in total. The molecule has 0 fully saturated rings. The van der Waals surface area contributed by atoms with Crippen LogP contribution in [-0.2, 0) is 6.18 Å². The average Bonchev–Trinajstić information content (AvgIpc) is 2.73. The highest BCUT2D eigenvalue weighted by atomic mass is 32.2. The Bertz CT molecular complexity index is 582. The Balaban J connectivity index is 2.34. The van der Waals surface area contributed by atoms with Gasteiger partial charge in [0, 0.05) is 6.07 Å². The Morgan fingerprint density at radius 2 is 2.05 bits per heavy atom. The van der Waals surface area contributed by atoms with Gasteiger partial charge in [0.1, 0.15) is 16.7 Å². The van der Waals surface area contributed by atoms with E-state index >= 15 is 0 Å². The van der Waals surface area contributed by atoms with Crippen LogP contribution in [0.5, 0.6) is 0 Å². The van der Waals surface area contributed by atoms with Crippen molar-refractivity contribution in [1.82, 2.24) is 25.1 Å². The summed E-state index contributed by atoms with van der Waals surface area (Å²) in [4.78, 5) is 10.6. The van der Waals surface area contributed by atoms with Crippen LogP contribution in [0.25, 0.3) is 0 Å². The molecule has 0 unspecified atom stereocenters. The Morgan fingerprint density at radius 1 is 1.32 bits per heavy atom. The minimum atomic E-state index is -4.66. The average molecular weight is 291 g/mol. The Morgan fingerprint density at radius 3 is 2.58 bits per heavy atom. The molecule has 0 atom stereocenters. The molecule has 2 heterocycles. The first-order chi connectivity index (χ1) is 8.88. The molecule has 0 amide bonds. The number of nitrogen functional groups attached to an aromatic ring is 1. The fourth-order valence-corrected chi connectivity index (χ4v) is 1.90. The molecule has 0 saturated carbocycles. The summed E-state index contributed by atoms with van der Waals surface area (Å²) in [7, 11) is 0. The molecule has 2 rings (SSSR count). The van der Waals surface area contributed by atoms with E-state index in [1.807, 2.05) is 0 Å². The minimum Gasteiger partial charge on any atom is -0.308 e. The van der Waals surface area contributed by atoms with Crippen molar-refractivity contribution in [3.05, 3.63) is 17.7 Å². The molecule has 0 spiro atoms. The number of nitrogens with zero attached hydrogens (tertiary/aromatic N) is 4. The summed E-state index contributed by atoms with van der Waals surface area (Å²) in [5.74, 6) is 4.20. The number of halogens is 3. The first-order valence-electron chi connectivity index (χ1n) is 4.88. The first kappa shape index (κ1) is 13.5. The molecule has 7 nitrogen and oxygen atoms in total. The van der Waals surface area contributed by atoms with E-state index in [0.717, 1.165) is 11.8 Å². The number of alkyl halides is 3. The summed E-state index contributed by atoms with van der Waals surface area (Å²) >= 11 is 0.868. The van der Waals surface area contributed by atoms with Gasteiger partial charge in [0.2, 0.25) is 11.0 Å². The second-order valence-corrected chi connectivity index (χ2v) is 4.35. The van der Waals surface area contributed by atoms with Gasteiger partial charge >= 0.3 is 6.18 Å². The van der Waals surface area contributed by atoms with Crippen LogP contribution in [0.1, 0.15) is 11.6 Å². The number of hydrazine groups is 1. The summed E-state index contributed by atoms with van der Waals surface area (Å²) in [5.41, 5.74) is 2.06. The smallest absolute Gasteiger partial charge is 0.308 e. The molecular weight excluding hydrogens is 283 g/mol. The van der Waals surface area contributed by atoms with Gasteiger partial charge in [0.15, 0.2) is 0 Å². The highest BCUT2D eigenvalue weighted by molar-refractivity contribution is 7.99. The maximum atomic E-state index is 12.6. The predicted octanol–water partition coefficient (Wildman–Crippen LogP) is 1.36. The summed E-state index contributed by atoms with van der Waals surface area (Å²) in [6.07, 6.45) is -4.66.